The number of hydrogen-bond donors (Lipinski definition) is 1. The van der Waals surface area contributed by atoms with E-state index in [2.05, 4.69) is 17.1 Å². The quantitative estimate of drug-likeness (QED) is 0.388. The molecule has 1 N–H and O–H groups in total. The minimum absolute atomic E-state index is 0.128. The predicted molar refractivity (Wildman–Crippen MR) is 135 cm³/mol. The van der Waals surface area contributed by atoms with Crippen molar-refractivity contribution in [1.29, 1.82) is 0 Å². The SMILES string of the molecule is COc1cc(C(=O)N(CCCc2ccccc2)Cc2nc(C(=O)O)c(C3CC3)s2)cc(OC)c1C. The molecule has 184 valence electrons. The summed E-state index contributed by atoms with van der Waals surface area (Å²) in [6, 6.07) is 13.6. The van der Waals surface area contributed by atoms with Crippen molar-refractivity contribution in [3.8, 4) is 11.5 Å². The maximum Gasteiger partial charge on any atom is 0.355 e. The average molecular weight is 495 g/mol. The summed E-state index contributed by atoms with van der Waals surface area (Å²) in [6.45, 7) is 2.64. The number of methoxy groups -OCH3 is 2. The number of thiazole rings is 1. The summed E-state index contributed by atoms with van der Waals surface area (Å²) in [6.07, 6.45) is 3.58. The van der Waals surface area contributed by atoms with Crippen molar-refractivity contribution >= 4 is 23.2 Å². The van der Waals surface area contributed by atoms with Crippen molar-refractivity contribution in [2.75, 3.05) is 20.8 Å². The van der Waals surface area contributed by atoms with E-state index in [1.54, 1.807) is 31.3 Å². The number of rotatable bonds is 11. The van der Waals surface area contributed by atoms with Crippen LogP contribution in [0.15, 0.2) is 42.5 Å². The van der Waals surface area contributed by atoms with Crippen molar-refractivity contribution in [3.05, 3.63) is 74.7 Å². The fourth-order valence-electron chi connectivity index (χ4n) is 4.15. The van der Waals surface area contributed by atoms with Crippen molar-refractivity contribution in [3.63, 3.8) is 0 Å². The lowest BCUT2D eigenvalue weighted by molar-refractivity contribution is 0.0689. The number of ether oxygens (including phenoxy) is 2. The number of carboxylic acids is 1. The number of carbonyl (C=O) groups excluding carboxylic acids is 1. The standard InChI is InChI=1S/C27H30N2O5S/c1-17-21(33-2)14-20(15-22(17)34-3)26(30)29(13-7-10-18-8-5-4-6-9-18)16-23-28-24(27(31)32)25(35-23)19-11-12-19/h4-6,8-9,14-15,19H,7,10-13,16H2,1-3H3,(H,31,32). The van der Waals surface area contributed by atoms with Crippen molar-refractivity contribution in [2.45, 2.75) is 45.1 Å². The molecule has 0 saturated heterocycles. The van der Waals surface area contributed by atoms with Crippen molar-refractivity contribution < 1.29 is 24.2 Å². The molecule has 1 aliphatic rings. The Labute approximate surface area is 209 Å². The van der Waals surface area contributed by atoms with Crippen molar-refractivity contribution in [1.82, 2.24) is 9.88 Å². The summed E-state index contributed by atoms with van der Waals surface area (Å²) in [5.41, 5.74) is 2.61. The van der Waals surface area contributed by atoms with E-state index in [0.717, 1.165) is 36.1 Å². The highest BCUT2D eigenvalue weighted by Crippen LogP contribution is 2.44. The van der Waals surface area contributed by atoms with E-state index in [9.17, 15) is 14.7 Å². The predicted octanol–water partition coefficient (Wildman–Crippen LogP) is 5.32. The summed E-state index contributed by atoms with van der Waals surface area (Å²) < 4.78 is 10.9. The second-order valence-corrected chi connectivity index (χ2v) is 9.84. The molecule has 1 fully saturated rings. The lowest BCUT2D eigenvalue weighted by Gasteiger charge is -2.23. The third-order valence-corrected chi connectivity index (χ3v) is 7.40. The highest BCUT2D eigenvalue weighted by Gasteiger charge is 2.32. The highest BCUT2D eigenvalue weighted by atomic mass is 32.1. The van der Waals surface area contributed by atoms with Gasteiger partial charge in [0.1, 0.15) is 16.5 Å². The number of benzene rings is 2. The molecule has 2 aromatic carbocycles. The fourth-order valence-corrected chi connectivity index (χ4v) is 5.39. The molecule has 1 saturated carbocycles. The molecule has 4 rings (SSSR count). The smallest absolute Gasteiger partial charge is 0.355 e. The van der Waals surface area contributed by atoms with E-state index in [4.69, 9.17) is 9.47 Å². The van der Waals surface area contributed by atoms with Crippen LogP contribution in [0.25, 0.3) is 0 Å². The Balaban J connectivity index is 1.60. The average Bonchev–Trinajstić information content (AvgIpc) is 3.63. The van der Waals surface area contributed by atoms with Gasteiger partial charge in [0.05, 0.1) is 20.8 Å². The number of aromatic nitrogens is 1. The highest BCUT2D eigenvalue weighted by molar-refractivity contribution is 7.12. The van der Waals surface area contributed by atoms with Crippen LogP contribution in [-0.4, -0.2) is 47.6 Å². The zero-order valence-electron chi connectivity index (χ0n) is 20.2. The third kappa shape index (κ3) is 5.82. The molecule has 0 spiro atoms. The zero-order valence-corrected chi connectivity index (χ0v) is 21.1. The van der Waals surface area contributed by atoms with Crippen LogP contribution in [0.5, 0.6) is 11.5 Å². The van der Waals surface area contributed by atoms with Gasteiger partial charge in [0.25, 0.3) is 5.91 Å². The van der Waals surface area contributed by atoms with E-state index in [1.807, 2.05) is 25.1 Å². The fraction of sp³-hybridized carbons (Fsp3) is 0.370. The van der Waals surface area contributed by atoms with Crippen LogP contribution in [0, 0.1) is 6.92 Å². The van der Waals surface area contributed by atoms with Crippen LogP contribution in [0.3, 0.4) is 0 Å². The van der Waals surface area contributed by atoms with Gasteiger partial charge >= 0.3 is 5.97 Å². The maximum absolute atomic E-state index is 13.7. The first-order valence-corrected chi connectivity index (χ1v) is 12.5. The molecule has 1 aromatic heterocycles. The maximum atomic E-state index is 13.7. The Hall–Kier alpha value is -3.39. The molecule has 0 radical (unpaired) electrons. The van der Waals surface area contributed by atoms with Crippen LogP contribution in [0.4, 0.5) is 0 Å². The summed E-state index contributed by atoms with van der Waals surface area (Å²) in [5.74, 6) is 0.255. The first kappa shape index (κ1) is 24.7. The van der Waals surface area contributed by atoms with E-state index in [1.165, 1.54) is 16.9 Å². The largest absolute Gasteiger partial charge is 0.496 e. The molecule has 0 bridgehead atoms. The topological polar surface area (TPSA) is 89.0 Å². The Morgan fingerprint density at radius 2 is 1.77 bits per heavy atom. The molecular weight excluding hydrogens is 464 g/mol. The van der Waals surface area contributed by atoms with E-state index in [-0.39, 0.29) is 24.1 Å². The second-order valence-electron chi connectivity index (χ2n) is 8.72. The van der Waals surface area contributed by atoms with Gasteiger partial charge in [-0.25, -0.2) is 9.78 Å². The Morgan fingerprint density at radius 1 is 1.11 bits per heavy atom. The second kappa shape index (κ2) is 10.9. The van der Waals surface area contributed by atoms with E-state index < -0.39 is 5.97 Å². The lowest BCUT2D eigenvalue weighted by Crippen LogP contribution is -2.32. The molecule has 3 aromatic rings. The van der Waals surface area contributed by atoms with Gasteiger partial charge in [-0.1, -0.05) is 30.3 Å². The van der Waals surface area contributed by atoms with Gasteiger partial charge in [-0.15, -0.1) is 11.3 Å². The van der Waals surface area contributed by atoms with Gasteiger partial charge in [-0.3, -0.25) is 4.79 Å². The van der Waals surface area contributed by atoms with Crippen LogP contribution < -0.4 is 9.47 Å². The Morgan fingerprint density at radius 3 is 2.34 bits per heavy atom. The van der Waals surface area contributed by atoms with Gasteiger partial charge in [-0.2, -0.15) is 0 Å². The van der Waals surface area contributed by atoms with Crippen LogP contribution in [0.1, 0.15) is 67.0 Å². The number of amides is 1. The van der Waals surface area contributed by atoms with E-state index in [0.29, 0.717) is 28.6 Å². The van der Waals surface area contributed by atoms with E-state index >= 15 is 0 Å². The molecule has 7 nitrogen and oxygen atoms in total. The number of hydrogen-bond acceptors (Lipinski definition) is 6. The van der Waals surface area contributed by atoms with Gasteiger partial charge in [-0.05, 0) is 56.2 Å². The van der Waals surface area contributed by atoms with Gasteiger partial charge < -0.3 is 19.5 Å². The van der Waals surface area contributed by atoms with Gasteiger partial charge in [0, 0.05) is 22.5 Å². The van der Waals surface area contributed by atoms with Crippen LogP contribution >= 0.6 is 11.3 Å². The Kier molecular flexibility index (Phi) is 7.70. The molecule has 8 heteroatoms. The Bertz CT molecular complexity index is 1180. The molecule has 1 heterocycles. The third-order valence-electron chi connectivity index (χ3n) is 6.20. The van der Waals surface area contributed by atoms with Crippen LogP contribution in [-0.2, 0) is 13.0 Å². The number of nitrogens with zero attached hydrogens (tertiary/aromatic N) is 2. The first-order valence-electron chi connectivity index (χ1n) is 11.7. The summed E-state index contributed by atoms with van der Waals surface area (Å²) in [7, 11) is 3.13. The summed E-state index contributed by atoms with van der Waals surface area (Å²) in [4.78, 5) is 32.4. The number of carboxylic acid groups (broad SMARTS) is 1. The molecule has 0 aliphatic heterocycles. The summed E-state index contributed by atoms with van der Waals surface area (Å²) in [5, 5.41) is 10.3. The van der Waals surface area contributed by atoms with Crippen molar-refractivity contribution in [2.24, 2.45) is 0 Å². The number of aryl methyl sites for hydroxylation is 1. The molecule has 35 heavy (non-hydrogen) atoms. The van der Waals surface area contributed by atoms with Gasteiger partial charge in [0.2, 0.25) is 0 Å². The minimum Gasteiger partial charge on any atom is -0.496 e. The molecule has 1 amide bonds. The summed E-state index contributed by atoms with van der Waals surface area (Å²) >= 11 is 1.41. The zero-order chi connectivity index (χ0) is 24.9. The van der Waals surface area contributed by atoms with Crippen LogP contribution in [0.2, 0.25) is 0 Å². The molecule has 0 atom stereocenters. The van der Waals surface area contributed by atoms with Gasteiger partial charge in [0.15, 0.2) is 5.69 Å². The number of carbonyl (C=O) groups is 2. The lowest BCUT2D eigenvalue weighted by atomic mass is 10.1. The molecular formula is C27H30N2O5S. The monoisotopic (exact) mass is 494 g/mol. The number of aromatic carboxylic acids is 1. The first-order chi connectivity index (χ1) is 16.9. The molecule has 0 unspecified atom stereocenters. The normalized spacial score (nSPS) is 12.9. The minimum atomic E-state index is -1.01. The molecule has 1 aliphatic carbocycles.